The van der Waals surface area contributed by atoms with Gasteiger partial charge in [-0.15, -0.1) is 0 Å². The molecule has 1 N–H and O–H groups in total. The van der Waals surface area contributed by atoms with E-state index in [1.165, 1.54) is 4.90 Å². The molecule has 0 fully saturated rings. The molecule has 0 bridgehead atoms. The Balaban J connectivity index is 1.97. The zero-order valence-corrected chi connectivity index (χ0v) is 12.5. The zero-order valence-electron chi connectivity index (χ0n) is 12.5. The summed E-state index contributed by atoms with van der Waals surface area (Å²) in [5, 5.41) is 3.18. The molecule has 1 amide bonds. The van der Waals surface area contributed by atoms with E-state index >= 15 is 0 Å². The van der Waals surface area contributed by atoms with Gasteiger partial charge < -0.3 is 19.5 Å². The standard InChI is InChI=1S/C15H18N2O5/c1-3-9-15(19)17(7-14(18)20-4-2)11-6-13-12(21-8-22-13)5-10(11)16-9/h5-6,9,16H,3-4,7-8H2,1-2H3. The van der Waals surface area contributed by atoms with Crippen molar-refractivity contribution < 1.29 is 23.8 Å². The van der Waals surface area contributed by atoms with Crippen LogP contribution in [0.25, 0.3) is 0 Å². The molecule has 2 heterocycles. The molecule has 0 radical (unpaired) electrons. The van der Waals surface area contributed by atoms with Gasteiger partial charge in [-0.1, -0.05) is 6.92 Å². The summed E-state index contributed by atoms with van der Waals surface area (Å²) in [4.78, 5) is 25.8. The quantitative estimate of drug-likeness (QED) is 0.850. The molecule has 0 spiro atoms. The summed E-state index contributed by atoms with van der Waals surface area (Å²) in [6, 6.07) is 3.14. The van der Waals surface area contributed by atoms with Gasteiger partial charge in [0.25, 0.3) is 0 Å². The van der Waals surface area contributed by atoms with Crippen molar-refractivity contribution in [1.82, 2.24) is 0 Å². The summed E-state index contributed by atoms with van der Waals surface area (Å²) in [7, 11) is 0. The number of hydrogen-bond donors (Lipinski definition) is 1. The molecular formula is C15H18N2O5. The summed E-state index contributed by atoms with van der Waals surface area (Å²) >= 11 is 0. The lowest BCUT2D eigenvalue weighted by Crippen LogP contribution is -2.49. The molecule has 0 aliphatic carbocycles. The van der Waals surface area contributed by atoms with E-state index in [1.54, 1.807) is 19.1 Å². The van der Waals surface area contributed by atoms with Crippen LogP contribution in [0.2, 0.25) is 0 Å². The number of amides is 1. The Bertz CT molecular complexity index is 616. The lowest BCUT2D eigenvalue weighted by atomic mass is 10.1. The second-order valence-electron chi connectivity index (χ2n) is 5.06. The van der Waals surface area contributed by atoms with Crippen molar-refractivity contribution >= 4 is 23.3 Å². The number of hydrogen-bond acceptors (Lipinski definition) is 6. The Morgan fingerprint density at radius 3 is 2.77 bits per heavy atom. The van der Waals surface area contributed by atoms with Crippen molar-refractivity contribution in [1.29, 1.82) is 0 Å². The molecule has 3 rings (SSSR count). The maximum absolute atomic E-state index is 12.5. The fourth-order valence-electron chi connectivity index (χ4n) is 2.60. The molecule has 0 aromatic heterocycles. The Labute approximate surface area is 128 Å². The molecule has 1 atom stereocenters. The second-order valence-corrected chi connectivity index (χ2v) is 5.06. The second kappa shape index (κ2) is 5.75. The van der Waals surface area contributed by atoms with Crippen LogP contribution < -0.4 is 19.7 Å². The van der Waals surface area contributed by atoms with Gasteiger partial charge in [-0.3, -0.25) is 14.5 Å². The highest BCUT2D eigenvalue weighted by Crippen LogP contribution is 2.43. The van der Waals surface area contributed by atoms with E-state index in [-0.39, 0.29) is 31.9 Å². The summed E-state index contributed by atoms with van der Waals surface area (Å²) in [6.07, 6.45) is 0.617. The smallest absolute Gasteiger partial charge is 0.326 e. The highest BCUT2D eigenvalue weighted by atomic mass is 16.7. The molecule has 2 aliphatic heterocycles. The van der Waals surface area contributed by atoms with Crippen molar-refractivity contribution in [3.8, 4) is 11.5 Å². The Morgan fingerprint density at radius 1 is 1.36 bits per heavy atom. The van der Waals surface area contributed by atoms with Gasteiger partial charge in [0.2, 0.25) is 12.7 Å². The Kier molecular flexibility index (Phi) is 3.79. The van der Waals surface area contributed by atoms with Gasteiger partial charge in [0.15, 0.2) is 11.5 Å². The third kappa shape index (κ3) is 2.43. The normalized spacial score (nSPS) is 18.7. The Morgan fingerprint density at radius 2 is 2.09 bits per heavy atom. The van der Waals surface area contributed by atoms with Gasteiger partial charge >= 0.3 is 5.97 Å². The average Bonchev–Trinajstić information content (AvgIpc) is 2.95. The van der Waals surface area contributed by atoms with Crippen molar-refractivity contribution in [2.24, 2.45) is 0 Å². The third-order valence-electron chi connectivity index (χ3n) is 3.68. The minimum Gasteiger partial charge on any atom is -0.465 e. The molecule has 0 saturated heterocycles. The maximum atomic E-state index is 12.5. The number of esters is 1. The molecular weight excluding hydrogens is 288 g/mol. The molecule has 22 heavy (non-hydrogen) atoms. The van der Waals surface area contributed by atoms with Crippen molar-refractivity contribution in [2.45, 2.75) is 26.3 Å². The lowest BCUT2D eigenvalue weighted by Gasteiger charge is -2.34. The average molecular weight is 306 g/mol. The van der Waals surface area contributed by atoms with Crippen LogP contribution in [0.15, 0.2) is 12.1 Å². The van der Waals surface area contributed by atoms with Gasteiger partial charge in [-0.25, -0.2) is 0 Å². The topological polar surface area (TPSA) is 77.1 Å². The summed E-state index contributed by atoms with van der Waals surface area (Å²) < 4.78 is 15.7. The van der Waals surface area contributed by atoms with Crippen LogP contribution in [0.1, 0.15) is 20.3 Å². The molecule has 7 heteroatoms. The highest BCUT2D eigenvalue weighted by molar-refractivity contribution is 6.07. The van der Waals surface area contributed by atoms with Gasteiger partial charge in [0.1, 0.15) is 12.6 Å². The van der Waals surface area contributed by atoms with E-state index in [9.17, 15) is 9.59 Å². The number of fused-ring (bicyclic) bond motifs is 2. The van der Waals surface area contributed by atoms with E-state index in [0.717, 1.165) is 5.69 Å². The predicted molar refractivity (Wildman–Crippen MR) is 79.3 cm³/mol. The van der Waals surface area contributed by atoms with Gasteiger partial charge in [-0.05, 0) is 13.3 Å². The Hall–Kier alpha value is -2.44. The monoisotopic (exact) mass is 306 g/mol. The molecule has 118 valence electrons. The fraction of sp³-hybridized carbons (Fsp3) is 0.467. The van der Waals surface area contributed by atoms with Crippen molar-refractivity contribution in [2.75, 3.05) is 30.2 Å². The van der Waals surface area contributed by atoms with Crippen LogP contribution in [0, 0.1) is 0 Å². The first-order valence-corrected chi connectivity index (χ1v) is 7.31. The van der Waals surface area contributed by atoms with Crippen LogP contribution in [-0.2, 0) is 14.3 Å². The molecule has 1 aromatic rings. The molecule has 7 nitrogen and oxygen atoms in total. The van der Waals surface area contributed by atoms with Gasteiger partial charge in [0, 0.05) is 12.1 Å². The summed E-state index contributed by atoms with van der Waals surface area (Å²) in [5.74, 6) is 0.613. The number of ether oxygens (including phenoxy) is 3. The van der Waals surface area contributed by atoms with E-state index in [4.69, 9.17) is 14.2 Å². The SMILES string of the molecule is CCOC(=O)CN1C(=O)C(CC)Nc2cc3c(cc21)OCO3. The number of carbonyl (C=O) groups is 2. The maximum Gasteiger partial charge on any atom is 0.326 e. The van der Waals surface area contributed by atoms with Crippen molar-refractivity contribution in [3.05, 3.63) is 12.1 Å². The largest absolute Gasteiger partial charge is 0.465 e. The van der Waals surface area contributed by atoms with Crippen molar-refractivity contribution in [3.63, 3.8) is 0 Å². The minimum atomic E-state index is -0.434. The first kappa shape index (κ1) is 14.5. The molecule has 1 aromatic carbocycles. The lowest BCUT2D eigenvalue weighted by molar-refractivity contribution is -0.142. The number of nitrogens with zero attached hydrogens (tertiary/aromatic N) is 1. The zero-order chi connectivity index (χ0) is 15.7. The first-order chi connectivity index (χ1) is 10.6. The van der Waals surface area contributed by atoms with Gasteiger partial charge in [0.05, 0.1) is 18.0 Å². The minimum absolute atomic E-state index is 0.114. The summed E-state index contributed by atoms with van der Waals surface area (Å²) in [5.41, 5.74) is 1.35. The van der Waals surface area contributed by atoms with Crippen LogP contribution in [-0.4, -0.2) is 37.9 Å². The first-order valence-electron chi connectivity index (χ1n) is 7.31. The van der Waals surface area contributed by atoms with Crippen LogP contribution in [0.4, 0.5) is 11.4 Å². The van der Waals surface area contributed by atoms with E-state index in [2.05, 4.69) is 5.32 Å². The fourth-order valence-corrected chi connectivity index (χ4v) is 2.60. The van der Waals surface area contributed by atoms with E-state index in [1.807, 2.05) is 6.92 Å². The predicted octanol–water partition coefficient (Wildman–Crippen LogP) is 1.52. The number of benzene rings is 1. The molecule has 2 aliphatic rings. The molecule has 1 unspecified atom stereocenters. The van der Waals surface area contributed by atoms with Gasteiger partial charge in [-0.2, -0.15) is 0 Å². The van der Waals surface area contributed by atoms with Crippen LogP contribution in [0.3, 0.4) is 0 Å². The van der Waals surface area contributed by atoms with E-state index < -0.39 is 5.97 Å². The number of carbonyl (C=O) groups excluding carboxylic acids is 2. The third-order valence-corrected chi connectivity index (χ3v) is 3.68. The molecule has 0 saturated carbocycles. The van der Waals surface area contributed by atoms with E-state index in [0.29, 0.717) is 23.6 Å². The highest BCUT2D eigenvalue weighted by Gasteiger charge is 2.34. The van der Waals surface area contributed by atoms with Crippen LogP contribution in [0.5, 0.6) is 11.5 Å². The number of rotatable bonds is 4. The summed E-state index contributed by atoms with van der Waals surface area (Å²) in [6.45, 7) is 3.97. The number of nitrogens with one attached hydrogen (secondary N) is 1. The number of anilines is 2. The van der Waals surface area contributed by atoms with Crippen LogP contribution >= 0.6 is 0 Å².